The number of benzene rings is 2. The highest BCUT2D eigenvalue weighted by atomic mass is 16.5. The summed E-state index contributed by atoms with van der Waals surface area (Å²) < 4.78 is 5.28. The number of rotatable bonds is 7. The van der Waals surface area contributed by atoms with Gasteiger partial charge in [0.05, 0.1) is 5.56 Å². The molecule has 0 spiro atoms. The topological polar surface area (TPSA) is 69.4 Å². The maximum Gasteiger partial charge on any atom is 0.255 e. The molecule has 0 radical (unpaired) electrons. The van der Waals surface area contributed by atoms with Gasteiger partial charge in [0.1, 0.15) is 5.75 Å². The largest absolute Gasteiger partial charge is 0.483 e. The van der Waals surface area contributed by atoms with Crippen LogP contribution < -0.4 is 10.5 Å². The van der Waals surface area contributed by atoms with Crippen LogP contribution in [0, 0.1) is 0 Å². The number of carbonyl (C=O) groups is 2. The monoisotopic (exact) mass is 323 g/mol. The molecule has 0 heterocycles. The molecule has 0 aliphatic rings. The lowest BCUT2D eigenvalue weighted by molar-refractivity contribution is -0.119. The molecule has 0 saturated carbocycles. The van der Waals surface area contributed by atoms with Gasteiger partial charge in [-0.2, -0.15) is 0 Å². The van der Waals surface area contributed by atoms with Gasteiger partial charge < -0.3 is 10.5 Å². The molecule has 2 N–H and O–H groups in total. The zero-order valence-electron chi connectivity index (χ0n) is 13.9. The van der Waals surface area contributed by atoms with Gasteiger partial charge in [-0.05, 0) is 35.3 Å². The zero-order valence-corrected chi connectivity index (χ0v) is 13.9. The summed E-state index contributed by atoms with van der Waals surface area (Å²) in [5.41, 5.74) is 7.67. The number of primary amides is 1. The predicted molar refractivity (Wildman–Crippen MR) is 95.0 cm³/mol. The highest BCUT2D eigenvalue weighted by Gasteiger charge is 2.10. The molecule has 0 aliphatic heterocycles. The smallest absolute Gasteiger partial charge is 0.255 e. The van der Waals surface area contributed by atoms with E-state index < -0.39 is 5.91 Å². The Hall–Kier alpha value is -2.88. The number of ketones is 1. The summed E-state index contributed by atoms with van der Waals surface area (Å²) in [6.07, 6.45) is 3.26. The summed E-state index contributed by atoms with van der Waals surface area (Å²) in [7, 11) is 0. The molecule has 0 unspecified atom stereocenters. The van der Waals surface area contributed by atoms with E-state index in [0.717, 1.165) is 5.56 Å². The van der Waals surface area contributed by atoms with E-state index in [2.05, 4.69) is 26.0 Å². The van der Waals surface area contributed by atoms with Crippen molar-refractivity contribution in [3.05, 3.63) is 71.3 Å². The number of amides is 1. The Kier molecular flexibility index (Phi) is 5.90. The van der Waals surface area contributed by atoms with Crippen molar-refractivity contribution in [1.29, 1.82) is 0 Å². The molecule has 2 aromatic carbocycles. The van der Waals surface area contributed by atoms with Crippen LogP contribution in [-0.4, -0.2) is 18.3 Å². The fourth-order valence-electron chi connectivity index (χ4n) is 2.20. The van der Waals surface area contributed by atoms with Crippen molar-refractivity contribution in [2.45, 2.75) is 19.8 Å². The summed E-state index contributed by atoms with van der Waals surface area (Å²) in [6, 6.07) is 14.9. The lowest BCUT2D eigenvalue weighted by Crippen LogP contribution is -2.20. The number of nitrogens with two attached hydrogens (primary N) is 1. The first-order valence-corrected chi connectivity index (χ1v) is 7.80. The minimum atomic E-state index is -0.585. The molecule has 0 saturated heterocycles. The van der Waals surface area contributed by atoms with Crippen molar-refractivity contribution in [1.82, 2.24) is 0 Å². The minimum Gasteiger partial charge on any atom is -0.483 e. The lowest BCUT2D eigenvalue weighted by Gasteiger charge is -2.07. The third kappa shape index (κ3) is 4.81. The third-order valence-electron chi connectivity index (χ3n) is 3.55. The molecule has 0 fully saturated rings. The van der Waals surface area contributed by atoms with E-state index in [1.165, 1.54) is 11.6 Å². The van der Waals surface area contributed by atoms with E-state index in [1.807, 2.05) is 12.1 Å². The van der Waals surface area contributed by atoms with Gasteiger partial charge in [0.15, 0.2) is 12.4 Å². The summed E-state index contributed by atoms with van der Waals surface area (Å²) in [5.74, 6) is 0.0427. The Morgan fingerprint density at radius 3 is 2.38 bits per heavy atom. The van der Waals surface area contributed by atoms with Crippen LogP contribution in [0.3, 0.4) is 0 Å². The molecule has 24 heavy (non-hydrogen) atoms. The number of hydrogen-bond acceptors (Lipinski definition) is 3. The molecule has 4 nitrogen and oxygen atoms in total. The molecule has 2 aromatic rings. The maximum atomic E-state index is 12.4. The average molecular weight is 323 g/mol. The average Bonchev–Trinajstić information content (AvgIpc) is 2.58. The second-order valence-corrected chi connectivity index (χ2v) is 5.77. The SMILES string of the molecule is CC(C)c1ccc(/C=C/C(=O)c2ccccc2OCC(N)=O)cc1. The number of allylic oxidation sites excluding steroid dienone is 1. The van der Waals surface area contributed by atoms with Gasteiger partial charge in [-0.3, -0.25) is 9.59 Å². The molecule has 0 bridgehead atoms. The van der Waals surface area contributed by atoms with Crippen LogP contribution in [0.1, 0.15) is 41.3 Å². The Labute approximate surface area is 141 Å². The molecule has 0 atom stereocenters. The number of carbonyl (C=O) groups excluding carboxylic acids is 2. The van der Waals surface area contributed by atoms with E-state index in [1.54, 1.807) is 30.3 Å². The second-order valence-electron chi connectivity index (χ2n) is 5.77. The van der Waals surface area contributed by atoms with Crippen LogP contribution in [0.2, 0.25) is 0 Å². The van der Waals surface area contributed by atoms with E-state index in [4.69, 9.17) is 10.5 Å². The zero-order chi connectivity index (χ0) is 17.5. The molecule has 4 heteroatoms. The summed E-state index contributed by atoms with van der Waals surface area (Å²) >= 11 is 0. The lowest BCUT2D eigenvalue weighted by atomic mass is 10.0. The molecule has 2 rings (SSSR count). The van der Waals surface area contributed by atoms with Crippen LogP contribution >= 0.6 is 0 Å². The van der Waals surface area contributed by atoms with Crippen LogP contribution in [-0.2, 0) is 4.79 Å². The van der Waals surface area contributed by atoms with Gasteiger partial charge in [-0.1, -0.05) is 56.3 Å². The maximum absolute atomic E-state index is 12.4. The summed E-state index contributed by atoms with van der Waals surface area (Å²) in [5, 5.41) is 0. The first kappa shape index (κ1) is 17.5. The van der Waals surface area contributed by atoms with Crippen molar-refractivity contribution in [3.63, 3.8) is 0 Å². The van der Waals surface area contributed by atoms with Crippen molar-refractivity contribution >= 4 is 17.8 Å². The Morgan fingerprint density at radius 2 is 1.75 bits per heavy atom. The van der Waals surface area contributed by atoms with Crippen molar-refractivity contribution in [2.75, 3.05) is 6.61 Å². The Balaban J connectivity index is 2.13. The fraction of sp³-hybridized carbons (Fsp3) is 0.200. The minimum absolute atomic E-state index is 0.192. The first-order chi connectivity index (χ1) is 11.5. The summed E-state index contributed by atoms with van der Waals surface area (Å²) in [6.45, 7) is 4.01. The van der Waals surface area contributed by atoms with Gasteiger partial charge in [0, 0.05) is 0 Å². The fourth-order valence-corrected chi connectivity index (χ4v) is 2.20. The van der Waals surface area contributed by atoms with Gasteiger partial charge in [0.25, 0.3) is 5.91 Å². The molecule has 0 aliphatic carbocycles. The van der Waals surface area contributed by atoms with E-state index in [9.17, 15) is 9.59 Å². The van der Waals surface area contributed by atoms with Gasteiger partial charge in [-0.25, -0.2) is 0 Å². The highest BCUT2D eigenvalue weighted by Crippen LogP contribution is 2.20. The normalized spacial score (nSPS) is 11.0. The number of ether oxygens (including phenoxy) is 1. The van der Waals surface area contributed by atoms with Crippen LogP contribution in [0.25, 0.3) is 6.08 Å². The van der Waals surface area contributed by atoms with Gasteiger partial charge in [0.2, 0.25) is 0 Å². The molecule has 1 amide bonds. The standard InChI is InChI=1S/C20H21NO3/c1-14(2)16-10-7-15(8-11-16)9-12-18(22)17-5-3-4-6-19(17)24-13-20(21)23/h3-12,14H,13H2,1-2H3,(H2,21,23)/b12-9+. The van der Waals surface area contributed by atoms with Gasteiger partial charge in [-0.15, -0.1) is 0 Å². The molecular weight excluding hydrogens is 302 g/mol. The quantitative estimate of drug-likeness (QED) is 0.625. The Bertz CT molecular complexity index is 746. The van der Waals surface area contributed by atoms with E-state index in [-0.39, 0.29) is 12.4 Å². The van der Waals surface area contributed by atoms with E-state index in [0.29, 0.717) is 17.2 Å². The molecular formula is C20H21NO3. The van der Waals surface area contributed by atoms with Crippen LogP contribution in [0.15, 0.2) is 54.6 Å². The molecule has 124 valence electrons. The third-order valence-corrected chi connectivity index (χ3v) is 3.55. The number of hydrogen-bond donors (Lipinski definition) is 1. The van der Waals surface area contributed by atoms with E-state index >= 15 is 0 Å². The highest BCUT2D eigenvalue weighted by molar-refractivity contribution is 6.08. The second kappa shape index (κ2) is 8.11. The molecule has 0 aromatic heterocycles. The van der Waals surface area contributed by atoms with Gasteiger partial charge >= 0.3 is 0 Å². The summed E-state index contributed by atoms with van der Waals surface area (Å²) in [4.78, 5) is 23.2. The van der Waals surface area contributed by atoms with Crippen molar-refractivity contribution in [3.8, 4) is 5.75 Å². The Morgan fingerprint density at radius 1 is 1.08 bits per heavy atom. The van der Waals surface area contributed by atoms with Crippen LogP contribution in [0.4, 0.5) is 0 Å². The van der Waals surface area contributed by atoms with Crippen LogP contribution in [0.5, 0.6) is 5.75 Å². The van der Waals surface area contributed by atoms with Crippen molar-refractivity contribution < 1.29 is 14.3 Å². The first-order valence-electron chi connectivity index (χ1n) is 7.80. The van der Waals surface area contributed by atoms with Crippen molar-refractivity contribution in [2.24, 2.45) is 5.73 Å². The number of para-hydroxylation sites is 1. The predicted octanol–water partition coefficient (Wildman–Crippen LogP) is 3.57.